The van der Waals surface area contributed by atoms with E-state index in [1.165, 1.54) is 11.1 Å². The zero-order valence-corrected chi connectivity index (χ0v) is 11.4. The Bertz CT molecular complexity index is 345. The van der Waals surface area contributed by atoms with Crippen LogP contribution in [0, 0.1) is 0 Å². The van der Waals surface area contributed by atoms with Crippen LogP contribution >= 0.6 is 0 Å². The minimum atomic E-state index is 0.134. The van der Waals surface area contributed by atoms with Gasteiger partial charge in [0.15, 0.2) is 0 Å². The maximum atomic E-state index is 5.86. The van der Waals surface area contributed by atoms with Crippen LogP contribution in [0.1, 0.15) is 58.6 Å². The van der Waals surface area contributed by atoms with Crippen LogP contribution < -0.4 is 4.74 Å². The molecule has 1 heteroatoms. The average molecular weight is 220 g/mol. The molecule has 0 atom stereocenters. The molecule has 1 aromatic carbocycles. The highest BCUT2D eigenvalue weighted by Crippen LogP contribution is 2.37. The molecule has 0 saturated carbocycles. The van der Waals surface area contributed by atoms with Gasteiger partial charge in [0.2, 0.25) is 0 Å². The summed E-state index contributed by atoms with van der Waals surface area (Å²) in [4.78, 5) is 0. The molecule has 0 spiro atoms. The van der Waals surface area contributed by atoms with Crippen LogP contribution in [0.3, 0.4) is 0 Å². The highest BCUT2D eigenvalue weighted by Gasteiger charge is 2.21. The van der Waals surface area contributed by atoms with Gasteiger partial charge in [-0.2, -0.15) is 0 Å². The van der Waals surface area contributed by atoms with Gasteiger partial charge in [-0.1, -0.05) is 52.8 Å². The third-order valence-electron chi connectivity index (χ3n) is 2.76. The smallest absolute Gasteiger partial charge is 0.126 e. The first-order chi connectivity index (χ1) is 7.38. The number of para-hydroxylation sites is 1. The molecule has 0 N–H and O–H groups in total. The van der Waals surface area contributed by atoms with Gasteiger partial charge in [0.1, 0.15) is 5.75 Å². The lowest BCUT2D eigenvalue weighted by Gasteiger charge is -2.25. The van der Waals surface area contributed by atoms with Crippen molar-refractivity contribution >= 4 is 0 Å². The molecule has 0 aliphatic carbocycles. The first-order valence-electron chi connectivity index (χ1n) is 6.14. The molecule has 0 amide bonds. The van der Waals surface area contributed by atoms with Gasteiger partial charge in [-0.3, -0.25) is 0 Å². The van der Waals surface area contributed by atoms with E-state index < -0.39 is 0 Å². The predicted octanol–water partition coefficient (Wildman–Crippen LogP) is 4.51. The van der Waals surface area contributed by atoms with E-state index in [0.717, 1.165) is 12.4 Å². The number of hydrogen-bond donors (Lipinski definition) is 0. The molecule has 0 saturated heterocycles. The van der Waals surface area contributed by atoms with E-state index in [9.17, 15) is 0 Å². The summed E-state index contributed by atoms with van der Waals surface area (Å²) >= 11 is 0. The van der Waals surface area contributed by atoms with Crippen molar-refractivity contribution in [3.63, 3.8) is 0 Å². The summed E-state index contributed by atoms with van der Waals surface area (Å²) in [6.07, 6.45) is 0. The second kappa shape index (κ2) is 4.90. The summed E-state index contributed by atoms with van der Waals surface area (Å²) in [6.45, 7) is 13.9. The van der Waals surface area contributed by atoms with Crippen molar-refractivity contribution in [1.82, 2.24) is 0 Å². The first kappa shape index (κ1) is 13.1. The fourth-order valence-electron chi connectivity index (χ4n) is 1.91. The third-order valence-corrected chi connectivity index (χ3v) is 2.76. The van der Waals surface area contributed by atoms with Crippen LogP contribution in [-0.2, 0) is 5.41 Å². The van der Waals surface area contributed by atoms with E-state index in [-0.39, 0.29) is 5.41 Å². The van der Waals surface area contributed by atoms with E-state index in [4.69, 9.17) is 4.74 Å². The molecule has 1 rings (SSSR count). The normalized spacial score (nSPS) is 11.9. The van der Waals surface area contributed by atoms with Crippen molar-refractivity contribution in [2.75, 3.05) is 6.61 Å². The van der Waals surface area contributed by atoms with Gasteiger partial charge in [-0.25, -0.2) is 0 Å². The largest absolute Gasteiger partial charge is 0.493 e. The summed E-state index contributed by atoms with van der Waals surface area (Å²) in [5.41, 5.74) is 2.75. The maximum absolute atomic E-state index is 5.86. The van der Waals surface area contributed by atoms with Crippen molar-refractivity contribution in [3.05, 3.63) is 29.3 Å². The molecule has 90 valence electrons. The summed E-state index contributed by atoms with van der Waals surface area (Å²) in [7, 11) is 0. The Kier molecular flexibility index (Phi) is 4.01. The van der Waals surface area contributed by atoms with Gasteiger partial charge in [0, 0.05) is 0 Å². The lowest BCUT2D eigenvalue weighted by Crippen LogP contribution is -2.15. The fourth-order valence-corrected chi connectivity index (χ4v) is 1.91. The summed E-state index contributed by atoms with van der Waals surface area (Å²) < 4.78 is 5.86. The van der Waals surface area contributed by atoms with Gasteiger partial charge >= 0.3 is 0 Å². The van der Waals surface area contributed by atoms with E-state index in [0.29, 0.717) is 5.92 Å². The van der Waals surface area contributed by atoms with Crippen LogP contribution in [0.2, 0.25) is 0 Å². The van der Waals surface area contributed by atoms with Gasteiger partial charge < -0.3 is 4.74 Å². The fraction of sp³-hybridized carbons (Fsp3) is 0.600. The summed E-state index contributed by atoms with van der Waals surface area (Å²) in [5.74, 6) is 1.59. The molecule has 0 fully saturated rings. The van der Waals surface area contributed by atoms with Crippen molar-refractivity contribution in [3.8, 4) is 5.75 Å². The Balaban J connectivity index is 3.32. The van der Waals surface area contributed by atoms with Gasteiger partial charge in [0.05, 0.1) is 6.61 Å². The Hall–Kier alpha value is -0.980. The van der Waals surface area contributed by atoms with Gasteiger partial charge in [0.25, 0.3) is 0 Å². The number of ether oxygens (including phenoxy) is 1. The second-order valence-corrected chi connectivity index (χ2v) is 5.56. The van der Waals surface area contributed by atoms with E-state index >= 15 is 0 Å². The van der Waals surface area contributed by atoms with Crippen LogP contribution in [0.5, 0.6) is 5.75 Å². The van der Waals surface area contributed by atoms with Crippen molar-refractivity contribution in [2.24, 2.45) is 0 Å². The Labute approximate surface area is 99.8 Å². The van der Waals surface area contributed by atoms with Gasteiger partial charge in [-0.05, 0) is 29.4 Å². The maximum Gasteiger partial charge on any atom is 0.126 e. The van der Waals surface area contributed by atoms with Crippen molar-refractivity contribution < 1.29 is 4.74 Å². The lowest BCUT2D eigenvalue weighted by atomic mass is 9.84. The molecule has 1 aromatic rings. The molecule has 0 aromatic heterocycles. The standard InChI is InChI=1S/C15H24O/c1-7-16-14-12(11(2)3)9-8-10-13(14)15(4,5)6/h8-11H,7H2,1-6H3. The average Bonchev–Trinajstić information content (AvgIpc) is 2.16. The van der Waals surface area contributed by atoms with E-state index in [1.807, 2.05) is 6.92 Å². The van der Waals surface area contributed by atoms with Crippen LogP contribution in [0.25, 0.3) is 0 Å². The van der Waals surface area contributed by atoms with E-state index in [1.54, 1.807) is 0 Å². The SMILES string of the molecule is CCOc1c(C(C)C)cccc1C(C)(C)C. The number of benzene rings is 1. The molecule has 1 nitrogen and oxygen atoms in total. The molecule has 0 heterocycles. The molecule has 0 unspecified atom stereocenters. The predicted molar refractivity (Wildman–Crippen MR) is 70.4 cm³/mol. The summed E-state index contributed by atoms with van der Waals surface area (Å²) in [5, 5.41) is 0. The topological polar surface area (TPSA) is 9.23 Å². The number of rotatable bonds is 3. The minimum absolute atomic E-state index is 0.134. The Morgan fingerprint density at radius 1 is 1.19 bits per heavy atom. The highest BCUT2D eigenvalue weighted by molar-refractivity contribution is 5.46. The quantitative estimate of drug-likeness (QED) is 0.728. The summed E-state index contributed by atoms with van der Waals surface area (Å²) in [6, 6.07) is 6.49. The third kappa shape index (κ3) is 2.78. The Morgan fingerprint density at radius 3 is 2.25 bits per heavy atom. The Morgan fingerprint density at radius 2 is 1.81 bits per heavy atom. The zero-order chi connectivity index (χ0) is 12.3. The molecular weight excluding hydrogens is 196 g/mol. The zero-order valence-electron chi connectivity index (χ0n) is 11.4. The van der Waals surface area contributed by atoms with Crippen LogP contribution in [0.4, 0.5) is 0 Å². The molecule has 0 bridgehead atoms. The van der Waals surface area contributed by atoms with Crippen molar-refractivity contribution in [2.45, 2.75) is 52.9 Å². The second-order valence-electron chi connectivity index (χ2n) is 5.56. The van der Waals surface area contributed by atoms with Crippen molar-refractivity contribution in [1.29, 1.82) is 0 Å². The van der Waals surface area contributed by atoms with Gasteiger partial charge in [-0.15, -0.1) is 0 Å². The van der Waals surface area contributed by atoms with Crippen LogP contribution in [0.15, 0.2) is 18.2 Å². The molecular formula is C15H24O. The van der Waals surface area contributed by atoms with E-state index in [2.05, 4.69) is 52.8 Å². The monoisotopic (exact) mass is 220 g/mol. The van der Waals surface area contributed by atoms with Crippen LogP contribution in [-0.4, -0.2) is 6.61 Å². The molecule has 0 aliphatic heterocycles. The lowest BCUT2D eigenvalue weighted by molar-refractivity contribution is 0.325. The highest BCUT2D eigenvalue weighted by atomic mass is 16.5. The first-order valence-corrected chi connectivity index (χ1v) is 6.14. The molecule has 16 heavy (non-hydrogen) atoms. The molecule has 0 radical (unpaired) electrons. The molecule has 0 aliphatic rings. The minimum Gasteiger partial charge on any atom is -0.493 e. The number of hydrogen-bond acceptors (Lipinski definition) is 1.